The molecular formula is C21H26ClN5O4. The van der Waals surface area contributed by atoms with E-state index < -0.39 is 6.09 Å². The summed E-state index contributed by atoms with van der Waals surface area (Å²) in [4.78, 5) is 12.2. The molecule has 31 heavy (non-hydrogen) atoms. The normalized spacial score (nSPS) is 12.1. The highest BCUT2D eigenvalue weighted by molar-refractivity contribution is 6.33. The molecule has 2 heterocycles. The number of hydrogen-bond acceptors (Lipinski definition) is 7. The van der Waals surface area contributed by atoms with E-state index in [1.54, 1.807) is 43.0 Å². The number of nitrogens with two attached hydrogens (primary N) is 1. The van der Waals surface area contributed by atoms with Gasteiger partial charge in [0.15, 0.2) is 0 Å². The van der Waals surface area contributed by atoms with Crippen LogP contribution in [0.5, 0.6) is 11.6 Å². The molecule has 1 amide bonds. The predicted octanol–water partition coefficient (Wildman–Crippen LogP) is 4.40. The lowest BCUT2D eigenvalue weighted by Gasteiger charge is -2.18. The van der Waals surface area contributed by atoms with Gasteiger partial charge in [0.25, 0.3) is 5.88 Å². The van der Waals surface area contributed by atoms with Gasteiger partial charge in [-0.2, -0.15) is 5.10 Å². The molecule has 2 aromatic heterocycles. The first-order valence-corrected chi connectivity index (χ1v) is 10.2. The van der Waals surface area contributed by atoms with Crippen LogP contribution in [0.15, 0.2) is 35.0 Å². The molecule has 1 atom stereocenters. The third-order valence-corrected chi connectivity index (χ3v) is 4.68. The van der Waals surface area contributed by atoms with Gasteiger partial charge in [-0.3, -0.25) is 10.00 Å². The Kier molecular flexibility index (Phi) is 7.19. The largest absolute Gasteiger partial charge is 0.491 e. The molecule has 166 valence electrons. The molecule has 0 aliphatic rings. The fourth-order valence-corrected chi connectivity index (χ4v) is 3.40. The summed E-state index contributed by atoms with van der Waals surface area (Å²) in [5.41, 5.74) is 7.96. The number of amides is 1. The van der Waals surface area contributed by atoms with E-state index in [-0.39, 0.29) is 11.9 Å². The standard InChI is InChI=1S/C21H26ClN5O4/c1-12(2)7-14(23)11-29-18-6-5-15(9-16(18)20-17(22)10-24-27(20)4)25-21(28)30-19-8-13(3)31-26-19/h5-6,8-10,12,14H,7,11,23H2,1-4H3,(H,25,28)/t14-/m0/s1. The lowest BCUT2D eigenvalue weighted by atomic mass is 10.1. The summed E-state index contributed by atoms with van der Waals surface area (Å²) in [6.07, 6.45) is 1.68. The van der Waals surface area contributed by atoms with Crippen LogP contribution >= 0.6 is 11.6 Å². The zero-order valence-corrected chi connectivity index (χ0v) is 18.6. The molecule has 0 aliphatic heterocycles. The Hall–Kier alpha value is -3.04. The Morgan fingerprint density at radius 2 is 2.13 bits per heavy atom. The molecule has 9 nitrogen and oxygen atoms in total. The number of carbonyl (C=O) groups excluding carboxylic acids is 1. The maximum atomic E-state index is 12.2. The second-order valence-corrected chi connectivity index (χ2v) is 8.07. The number of benzene rings is 1. The first-order chi connectivity index (χ1) is 14.7. The summed E-state index contributed by atoms with van der Waals surface area (Å²) >= 11 is 6.36. The lowest BCUT2D eigenvalue weighted by Crippen LogP contribution is -2.29. The zero-order chi connectivity index (χ0) is 22.5. The Balaban J connectivity index is 1.82. The molecular weight excluding hydrogens is 422 g/mol. The summed E-state index contributed by atoms with van der Waals surface area (Å²) in [7, 11) is 1.77. The van der Waals surface area contributed by atoms with Gasteiger partial charge in [0.05, 0.1) is 16.9 Å². The molecule has 0 saturated carbocycles. The Morgan fingerprint density at radius 1 is 1.35 bits per heavy atom. The van der Waals surface area contributed by atoms with Gasteiger partial charge in [-0.05, 0) is 42.6 Å². The van der Waals surface area contributed by atoms with E-state index in [4.69, 9.17) is 31.3 Å². The van der Waals surface area contributed by atoms with Gasteiger partial charge < -0.3 is 19.7 Å². The van der Waals surface area contributed by atoms with E-state index in [9.17, 15) is 4.79 Å². The van der Waals surface area contributed by atoms with Crippen molar-refractivity contribution in [1.29, 1.82) is 0 Å². The molecule has 0 spiro atoms. The number of nitrogens with one attached hydrogen (secondary N) is 1. The highest BCUT2D eigenvalue weighted by Crippen LogP contribution is 2.36. The Morgan fingerprint density at radius 3 is 2.74 bits per heavy atom. The number of halogens is 1. The van der Waals surface area contributed by atoms with E-state index in [1.165, 1.54) is 6.07 Å². The average Bonchev–Trinajstić information content (AvgIpc) is 3.24. The molecule has 3 rings (SSSR count). The fraction of sp³-hybridized carbons (Fsp3) is 0.381. The van der Waals surface area contributed by atoms with Gasteiger partial charge in [-0.1, -0.05) is 25.4 Å². The molecule has 0 aliphatic carbocycles. The molecule has 3 N–H and O–H groups in total. The molecule has 0 radical (unpaired) electrons. The molecule has 0 unspecified atom stereocenters. The highest BCUT2D eigenvalue weighted by Gasteiger charge is 2.18. The molecule has 10 heteroatoms. The minimum atomic E-state index is -0.706. The first kappa shape index (κ1) is 22.6. The minimum Gasteiger partial charge on any atom is -0.491 e. The van der Waals surface area contributed by atoms with Crippen molar-refractivity contribution >= 4 is 23.4 Å². The summed E-state index contributed by atoms with van der Waals surface area (Å²) in [5, 5.41) is 10.9. The number of ether oxygens (including phenoxy) is 2. The van der Waals surface area contributed by atoms with E-state index in [2.05, 4.69) is 29.4 Å². The van der Waals surface area contributed by atoms with E-state index in [0.717, 1.165) is 6.42 Å². The van der Waals surface area contributed by atoms with Crippen molar-refractivity contribution in [3.8, 4) is 22.9 Å². The molecule has 0 saturated heterocycles. The zero-order valence-electron chi connectivity index (χ0n) is 17.9. The third kappa shape index (κ3) is 5.99. The molecule has 1 aromatic carbocycles. The second kappa shape index (κ2) is 9.84. The topological polar surface area (TPSA) is 117 Å². The van der Waals surface area contributed by atoms with Crippen molar-refractivity contribution < 1.29 is 18.8 Å². The maximum Gasteiger partial charge on any atom is 0.418 e. The molecule has 0 fully saturated rings. The third-order valence-electron chi connectivity index (χ3n) is 4.41. The number of aromatic nitrogens is 3. The van der Waals surface area contributed by atoms with Crippen molar-refractivity contribution in [3.63, 3.8) is 0 Å². The van der Waals surface area contributed by atoms with Crippen LogP contribution in [0.3, 0.4) is 0 Å². The fourth-order valence-electron chi connectivity index (χ4n) is 3.13. The smallest absolute Gasteiger partial charge is 0.418 e. The second-order valence-electron chi connectivity index (χ2n) is 7.67. The first-order valence-electron chi connectivity index (χ1n) is 9.85. The van der Waals surface area contributed by atoms with Crippen LogP contribution in [0.2, 0.25) is 5.02 Å². The number of anilines is 1. The van der Waals surface area contributed by atoms with Crippen molar-refractivity contribution in [2.45, 2.75) is 33.2 Å². The van der Waals surface area contributed by atoms with E-state index in [0.29, 0.717) is 46.0 Å². The number of rotatable bonds is 8. The average molecular weight is 448 g/mol. The van der Waals surface area contributed by atoms with Crippen molar-refractivity contribution in [2.75, 3.05) is 11.9 Å². The van der Waals surface area contributed by atoms with Crippen molar-refractivity contribution in [2.24, 2.45) is 18.7 Å². The molecule has 0 bridgehead atoms. The van der Waals surface area contributed by atoms with E-state index in [1.807, 2.05) is 0 Å². The number of hydrogen-bond donors (Lipinski definition) is 2. The van der Waals surface area contributed by atoms with Gasteiger partial charge in [0.2, 0.25) is 0 Å². The summed E-state index contributed by atoms with van der Waals surface area (Å²) in [6.45, 7) is 6.27. The van der Waals surface area contributed by atoms with Crippen molar-refractivity contribution in [3.05, 3.63) is 41.2 Å². The Bertz CT molecular complexity index is 1030. The van der Waals surface area contributed by atoms with Crippen LogP contribution in [0, 0.1) is 12.8 Å². The van der Waals surface area contributed by atoms with Crippen LogP contribution in [0.1, 0.15) is 26.0 Å². The van der Waals surface area contributed by atoms with Crippen LogP contribution in [-0.2, 0) is 7.05 Å². The number of aryl methyl sites for hydroxylation is 2. The van der Waals surface area contributed by atoms with Gasteiger partial charge in [0, 0.05) is 30.4 Å². The van der Waals surface area contributed by atoms with Crippen LogP contribution in [0.4, 0.5) is 10.5 Å². The lowest BCUT2D eigenvalue weighted by molar-refractivity contribution is 0.210. The predicted molar refractivity (Wildman–Crippen MR) is 117 cm³/mol. The SMILES string of the molecule is Cc1cc(OC(=O)Nc2ccc(OC[C@@H](N)CC(C)C)c(-c3c(Cl)cnn3C)c2)no1. The van der Waals surface area contributed by atoms with Gasteiger partial charge in [-0.25, -0.2) is 4.79 Å². The maximum absolute atomic E-state index is 12.2. The highest BCUT2D eigenvalue weighted by atomic mass is 35.5. The van der Waals surface area contributed by atoms with Crippen LogP contribution < -0.4 is 20.5 Å². The summed E-state index contributed by atoms with van der Waals surface area (Å²) < 4.78 is 17.6. The van der Waals surface area contributed by atoms with Gasteiger partial charge in [0.1, 0.15) is 18.1 Å². The van der Waals surface area contributed by atoms with Crippen molar-refractivity contribution in [1.82, 2.24) is 14.9 Å². The number of carbonyl (C=O) groups is 1. The van der Waals surface area contributed by atoms with Gasteiger partial charge >= 0.3 is 6.09 Å². The molecule has 3 aromatic rings. The van der Waals surface area contributed by atoms with Crippen LogP contribution in [-0.4, -0.2) is 33.7 Å². The quantitative estimate of drug-likeness (QED) is 0.525. The van der Waals surface area contributed by atoms with E-state index >= 15 is 0 Å². The van der Waals surface area contributed by atoms with Gasteiger partial charge in [-0.15, -0.1) is 0 Å². The monoisotopic (exact) mass is 447 g/mol. The number of nitrogens with zero attached hydrogens (tertiary/aromatic N) is 3. The Labute approximate surface area is 185 Å². The summed E-state index contributed by atoms with van der Waals surface area (Å²) in [5.74, 6) is 1.66. The van der Waals surface area contributed by atoms with Crippen LogP contribution in [0.25, 0.3) is 11.3 Å². The minimum absolute atomic E-state index is 0.0731. The summed E-state index contributed by atoms with van der Waals surface area (Å²) in [6, 6.07) is 6.59.